The van der Waals surface area contributed by atoms with Crippen LogP contribution in [0.3, 0.4) is 0 Å². The van der Waals surface area contributed by atoms with Gasteiger partial charge in [0.15, 0.2) is 5.82 Å². The first-order valence-corrected chi connectivity index (χ1v) is 5.97. The lowest BCUT2D eigenvalue weighted by Gasteiger charge is -2.04. The van der Waals surface area contributed by atoms with E-state index < -0.39 is 5.97 Å². The first-order valence-electron chi connectivity index (χ1n) is 5.97. The Kier molecular flexibility index (Phi) is 4.09. The molecule has 0 radical (unpaired) electrons. The summed E-state index contributed by atoms with van der Waals surface area (Å²) in [5, 5.41) is 15.2. The van der Waals surface area contributed by atoms with Gasteiger partial charge in [-0.15, -0.1) is 0 Å². The highest BCUT2D eigenvalue weighted by atomic mass is 16.5. The van der Waals surface area contributed by atoms with Crippen molar-refractivity contribution in [2.45, 2.75) is 13.3 Å². The summed E-state index contributed by atoms with van der Waals surface area (Å²) in [4.78, 5) is 26.7. The largest absolute Gasteiger partial charge is 0.478 e. The fourth-order valence-electron chi connectivity index (χ4n) is 1.63. The molecule has 0 saturated heterocycles. The molecule has 2 N–H and O–H groups in total. The first-order chi connectivity index (χ1) is 9.56. The van der Waals surface area contributed by atoms with Gasteiger partial charge in [-0.25, -0.2) is 4.79 Å². The average molecular weight is 275 g/mol. The van der Waals surface area contributed by atoms with E-state index in [9.17, 15) is 9.59 Å². The van der Waals surface area contributed by atoms with Gasteiger partial charge in [0, 0.05) is 25.5 Å². The number of carbonyl (C=O) groups excluding carboxylic acids is 1. The monoisotopic (exact) mass is 275 g/mol. The summed E-state index contributed by atoms with van der Waals surface area (Å²) in [5.41, 5.74) is 0.376. The highest BCUT2D eigenvalue weighted by Crippen LogP contribution is 2.05. The van der Waals surface area contributed by atoms with E-state index >= 15 is 0 Å². The Hall–Kier alpha value is -2.70. The van der Waals surface area contributed by atoms with Crippen LogP contribution in [-0.2, 0) is 6.42 Å². The zero-order valence-corrected chi connectivity index (χ0v) is 10.8. The molecule has 0 unspecified atom stereocenters. The molecule has 104 valence electrons. The highest BCUT2D eigenvalue weighted by molar-refractivity contribution is 5.97. The summed E-state index contributed by atoms with van der Waals surface area (Å²) in [6.45, 7) is 2.03. The molecule has 0 spiro atoms. The van der Waals surface area contributed by atoms with E-state index in [2.05, 4.69) is 15.5 Å². The molecule has 2 rings (SSSR count). The molecule has 0 fully saturated rings. The van der Waals surface area contributed by atoms with E-state index in [-0.39, 0.29) is 11.5 Å². The van der Waals surface area contributed by atoms with E-state index in [1.54, 1.807) is 13.0 Å². The molecule has 0 bridgehead atoms. The van der Waals surface area contributed by atoms with Gasteiger partial charge in [0.25, 0.3) is 5.91 Å². The smallest absolute Gasteiger partial charge is 0.335 e. The maximum Gasteiger partial charge on any atom is 0.335 e. The number of carbonyl (C=O) groups is 2. The maximum absolute atomic E-state index is 11.8. The van der Waals surface area contributed by atoms with Crippen molar-refractivity contribution in [3.8, 4) is 0 Å². The second kappa shape index (κ2) is 5.96. The van der Waals surface area contributed by atoms with Gasteiger partial charge in [0.05, 0.1) is 5.56 Å². The van der Waals surface area contributed by atoms with Crippen LogP contribution in [0.1, 0.15) is 32.4 Å². The van der Waals surface area contributed by atoms with Gasteiger partial charge in [0.1, 0.15) is 0 Å². The van der Waals surface area contributed by atoms with Crippen LogP contribution < -0.4 is 5.32 Å². The second-order valence-corrected chi connectivity index (χ2v) is 4.12. The van der Waals surface area contributed by atoms with Crippen LogP contribution >= 0.6 is 0 Å². The van der Waals surface area contributed by atoms with Crippen LogP contribution in [0.2, 0.25) is 0 Å². The molecule has 7 nitrogen and oxygen atoms in total. The van der Waals surface area contributed by atoms with Gasteiger partial charge in [-0.3, -0.25) is 4.79 Å². The summed E-state index contributed by atoms with van der Waals surface area (Å²) in [7, 11) is 0. The number of amides is 1. The van der Waals surface area contributed by atoms with Crippen LogP contribution in [0.15, 0.2) is 28.8 Å². The third kappa shape index (κ3) is 3.41. The van der Waals surface area contributed by atoms with E-state index in [0.29, 0.717) is 30.2 Å². The number of hydrogen-bond donors (Lipinski definition) is 2. The van der Waals surface area contributed by atoms with Crippen molar-refractivity contribution in [3.05, 3.63) is 47.1 Å². The summed E-state index contributed by atoms with van der Waals surface area (Å²) < 4.78 is 4.81. The van der Waals surface area contributed by atoms with E-state index in [0.717, 1.165) is 0 Å². The topological polar surface area (TPSA) is 105 Å². The SMILES string of the molecule is Cc1nc(CCNC(=O)c2cccc(C(=O)O)c2)no1. The number of rotatable bonds is 5. The van der Waals surface area contributed by atoms with Crippen molar-refractivity contribution in [1.29, 1.82) is 0 Å². The van der Waals surface area contributed by atoms with Crippen molar-refractivity contribution in [3.63, 3.8) is 0 Å². The molecule has 0 saturated carbocycles. The van der Waals surface area contributed by atoms with Crippen LogP contribution in [0.25, 0.3) is 0 Å². The number of aromatic nitrogens is 2. The predicted molar refractivity (Wildman–Crippen MR) is 68.5 cm³/mol. The standard InChI is InChI=1S/C13H13N3O4/c1-8-15-11(16-20-8)5-6-14-12(17)9-3-2-4-10(7-9)13(18)19/h2-4,7H,5-6H2,1H3,(H,14,17)(H,18,19). The number of aryl methyl sites for hydroxylation is 1. The molecule has 1 aromatic carbocycles. The molecule has 0 aliphatic heterocycles. The summed E-state index contributed by atoms with van der Waals surface area (Å²) in [6, 6.07) is 5.85. The highest BCUT2D eigenvalue weighted by Gasteiger charge is 2.09. The van der Waals surface area contributed by atoms with Crippen molar-refractivity contribution in [2.75, 3.05) is 6.54 Å². The Labute approximate surface area is 114 Å². The minimum absolute atomic E-state index is 0.0754. The Morgan fingerprint density at radius 2 is 2.10 bits per heavy atom. The first kappa shape index (κ1) is 13.7. The lowest BCUT2D eigenvalue weighted by atomic mass is 10.1. The minimum atomic E-state index is -1.07. The molecule has 1 amide bonds. The minimum Gasteiger partial charge on any atom is -0.478 e. The van der Waals surface area contributed by atoms with Gasteiger partial charge in [0.2, 0.25) is 5.89 Å². The number of nitrogens with one attached hydrogen (secondary N) is 1. The number of nitrogens with zero attached hydrogens (tertiary/aromatic N) is 2. The number of benzene rings is 1. The normalized spacial score (nSPS) is 10.2. The fourth-order valence-corrected chi connectivity index (χ4v) is 1.63. The third-order valence-corrected chi connectivity index (χ3v) is 2.58. The fraction of sp³-hybridized carbons (Fsp3) is 0.231. The van der Waals surface area contributed by atoms with Gasteiger partial charge in [-0.1, -0.05) is 11.2 Å². The van der Waals surface area contributed by atoms with Crippen molar-refractivity contribution in [2.24, 2.45) is 0 Å². The van der Waals surface area contributed by atoms with Crippen LogP contribution in [0, 0.1) is 6.92 Å². The molecular weight excluding hydrogens is 262 g/mol. The summed E-state index contributed by atoms with van der Waals surface area (Å²) >= 11 is 0. The number of carboxylic acid groups (broad SMARTS) is 1. The second-order valence-electron chi connectivity index (χ2n) is 4.12. The van der Waals surface area contributed by atoms with Crippen molar-refractivity contribution < 1.29 is 19.2 Å². The molecule has 7 heteroatoms. The molecule has 0 aliphatic rings. The molecular formula is C13H13N3O4. The third-order valence-electron chi connectivity index (χ3n) is 2.58. The molecule has 1 heterocycles. The lowest BCUT2D eigenvalue weighted by Crippen LogP contribution is -2.26. The van der Waals surface area contributed by atoms with Crippen LogP contribution in [-0.4, -0.2) is 33.7 Å². The number of hydrogen-bond acceptors (Lipinski definition) is 5. The number of carboxylic acids is 1. The van der Waals surface area contributed by atoms with Crippen molar-refractivity contribution in [1.82, 2.24) is 15.5 Å². The lowest BCUT2D eigenvalue weighted by molar-refractivity contribution is 0.0697. The van der Waals surface area contributed by atoms with Gasteiger partial charge in [-0.2, -0.15) is 4.98 Å². The molecule has 1 aromatic heterocycles. The quantitative estimate of drug-likeness (QED) is 0.844. The van der Waals surface area contributed by atoms with E-state index in [4.69, 9.17) is 9.63 Å². The van der Waals surface area contributed by atoms with Crippen LogP contribution in [0.5, 0.6) is 0 Å². The maximum atomic E-state index is 11.8. The predicted octanol–water partition coefficient (Wildman–Crippen LogP) is 1.05. The van der Waals surface area contributed by atoms with Gasteiger partial charge < -0.3 is 14.9 Å². The zero-order valence-electron chi connectivity index (χ0n) is 10.8. The van der Waals surface area contributed by atoms with E-state index in [1.807, 2.05) is 0 Å². The Morgan fingerprint density at radius 1 is 1.35 bits per heavy atom. The Morgan fingerprint density at radius 3 is 2.75 bits per heavy atom. The average Bonchev–Trinajstić information content (AvgIpc) is 2.84. The summed E-state index contributed by atoms with van der Waals surface area (Å²) in [6.07, 6.45) is 0.446. The molecule has 20 heavy (non-hydrogen) atoms. The van der Waals surface area contributed by atoms with Crippen molar-refractivity contribution >= 4 is 11.9 Å². The Bertz CT molecular complexity index is 636. The summed E-state index contributed by atoms with van der Waals surface area (Å²) in [5.74, 6) is -0.419. The zero-order chi connectivity index (χ0) is 14.5. The number of aromatic carboxylic acids is 1. The van der Waals surface area contributed by atoms with Crippen LogP contribution in [0.4, 0.5) is 0 Å². The van der Waals surface area contributed by atoms with Gasteiger partial charge >= 0.3 is 5.97 Å². The Balaban J connectivity index is 1.91. The molecule has 0 aliphatic carbocycles. The van der Waals surface area contributed by atoms with E-state index in [1.165, 1.54) is 18.2 Å². The molecule has 2 aromatic rings. The van der Waals surface area contributed by atoms with Gasteiger partial charge in [-0.05, 0) is 18.2 Å². The molecule has 0 atom stereocenters.